The standard InChI is InChI=1S/C19H40NO6P/c1-2-3-4-5-6-7-8-9-10-11-12-13-14-19(21)24-17-18-26-27(22,23)25-16-15-20/h2-18,20H2,1H3,(H,22,23). The summed E-state index contributed by atoms with van der Waals surface area (Å²) in [6.45, 7) is 2.06. The molecule has 0 aliphatic heterocycles. The maximum Gasteiger partial charge on any atom is 0.472 e. The number of carbonyl (C=O) groups excluding carboxylic acids is 1. The van der Waals surface area contributed by atoms with Crippen LogP contribution in [0.1, 0.15) is 90.4 Å². The molecular formula is C19H40NO6P. The Morgan fingerprint density at radius 3 is 1.81 bits per heavy atom. The Morgan fingerprint density at radius 2 is 1.30 bits per heavy atom. The van der Waals surface area contributed by atoms with Crippen LogP contribution in [-0.2, 0) is 23.1 Å². The molecule has 0 aromatic carbocycles. The molecule has 0 radical (unpaired) electrons. The molecule has 0 aromatic heterocycles. The van der Waals surface area contributed by atoms with E-state index in [-0.39, 0.29) is 32.3 Å². The lowest BCUT2D eigenvalue weighted by Gasteiger charge is -2.11. The number of hydrogen-bond acceptors (Lipinski definition) is 6. The van der Waals surface area contributed by atoms with Gasteiger partial charge >= 0.3 is 13.8 Å². The first-order chi connectivity index (χ1) is 13.0. The van der Waals surface area contributed by atoms with Crippen LogP contribution in [0.15, 0.2) is 0 Å². The van der Waals surface area contributed by atoms with Crippen molar-refractivity contribution in [2.24, 2.45) is 5.73 Å². The number of nitrogens with two attached hydrogens (primary N) is 1. The van der Waals surface area contributed by atoms with Crippen molar-refractivity contribution in [3.05, 3.63) is 0 Å². The lowest BCUT2D eigenvalue weighted by atomic mass is 10.0. The molecule has 8 heteroatoms. The third-order valence-corrected chi connectivity index (χ3v) is 5.23. The van der Waals surface area contributed by atoms with E-state index in [1.807, 2.05) is 0 Å². The smallest absolute Gasteiger partial charge is 0.463 e. The van der Waals surface area contributed by atoms with Crippen molar-refractivity contribution in [2.45, 2.75) is 90.4 Å². The Balaban J connectivity index is 3.34. The van der Waals surface area contributed by atoms with Gasteiger partial charge in [0.2, 0.25) is 0 Å². The zero-order valence-corrected chi connectivity index (χ0v) is 17.9. The van der Waals surface area contributed by atoms with E-state index in [0.29, 0.717) is 6.42 Å². The maximum absolute atomic E-state index is 11.6. The number of phosphoric ester groups is 1. The molecule has 0 bridgehead atoms. The number of esters is 1. The summed E-state index contributed by atoms with van der Waals surface area (Å²) in [4.78, 5) is 20.8. The van der Waals surface area contributed by atoms with E-state index in [2.05, 4.69) is 16.0 Å². The molecule has 162 valence electrons. The largest absolute Gasteiger partial charge is 0.472 e. The lowest BCUT2D eigenvalue weighted by molar-refractivity contribution is -0.144. The van der Waals surface area contributed by atoms with E-state index >= 15 is 0 Å². The summed E-state index contributed by atoms with van der Waals surface area (Å²) >= 11 is 0. The van der Waals surface area contributed by atoms with Gasteiger partial charge in [-0.3, -0.25) is 13.8 Å². The van der Waals surface area contributed by atoms with Crippen molar-refractivity contribution in [3.63, 3.8) is 0 Å². The fourth-order valence-electron chi connectivity index (χ4n) is 2.70. The van der Waals surface area contributed by atoms with Gasteiger partial charge in [0, 0.05) is 13.0 Å². The molecule has 0 aliphatic carbocycles. The third kappa shape index (κ3) is 20.1. The van der Waals surface area contributed by atoms with E-state index in [9.17, 15) is 14.3 Å². The van der Waals surface area contributed by atoms with Gasteiger partial charge in [0.25, 0.3) is 0 Å². The Morgan fingerprint density at radius 1 is 0.815 bits per heavy atom. The van der Waals surface area contributed by atoms with Crippen LogP contribution < -0.4 is 5.73 Å². The van der Waals surface area contributed by atoms with Gasteiger partial charge in [-0.15, -0.1) is 0 Å². The second-order valence-corrected chi connectivity index (χ2v) is 8.24. The monoisotopic (exact) mass is 409 g/mol. The first kappa shape index (κ1) is 26.5. The van der Waals surface area contributed by atoms with Crippen molar-refractivity contribution in [3.8, 4) is 0 Å². The van der Waals surface area contributed by atoms with Gasteiger partial charge in [-0.1, -0.05) is 77.6 Å². The number of hydrogen-bond donors (Lipinski definition) is 2. The molecular weight excluding hydrogens is 369 g/mol. The molecule has 0 spiro atoms. The quantitative estimate of drug-likeness (QED) is 0.170. The Kier molecular flexibility index (Phi) is 18.6. The summed E-state index contributed by atoms with van der Waals surface area (Å²) in [6, 6.07) is 0. The van der Waals surface area contributed by atoms with Crippen molar-refractivity contribution < 1.29 is 28.0 Å². The highest BCUT2D eigenvalue weighted by Gasteiger charge is 2.20. The summed E-state index contributed by atoms with van der Waals surface area (Å²) in [7, 11) is -4.09. The molecule has 0 aromatic rings. The van der Waals surface area contributed by atoms with E-state index in [1.165, 1.54) is 57.8 Å². The van der Waals surface area contributed by atoms with E-state index in [0.717, 1.165) is 19.3 Å². The van der Waals surface area contributed by atoms with Crippen LogP contribution in [0.2, 0.25) is 0 Å². The number of ether oxygens (including phenoxy) is 1. The zero-order chi connectivity index (χ0) is 20.2. The summed E-state index contributed by atoms with van der Waals surface area (Å²) < 4.78 is 25.5. The maximum atomic E-state index is 11.6. The second-order valence-electron chi connectivity index (χ2n) is 6.78. The van der Waals surface area contributed by atoms with Crippen LogP contribution in [0.5, 0.6) is 0 Å². The van der Waals surface area contributed by atoms with Crippen LogP contribution in [0, 0.1) is 0 Å². The minimum atomic E-state index is -4.09. The van der Waals surface area contributed by atoms with Crippen molar-refractivity contribution in [1.82, 2.24) is 0 Å². The molecule has 1 unspecified atom stereocenters. The predicted octanol–water partition coefficient (Wildman–Crippen LogP) is 4.71. The number of rotatable bonds is 20. The average Bonchev–Trinajstić information content (AvgIpc) is 2.64. The number of carbonyl (C=O) groups is 1. The predicted molar refractivity (Wildman–Crippen MR) is 107 cm³/mol. The van der Waals surface area contributed by atoms with Crippen LogP contribution >= 0.6 is 7.82 Å². The normalized spacial score (nSPS) is 13.4. The van der Waals surface area contributed by atoms with Crippen LogP contribution in [0.4, 0.5) is 0 Å². The van der Waals surface area contributed by atoms with Gasteiger partial charge in [0.1, 0.15) is 6.61 Å². The van der Waals surface area contributed by atoms with Gasteiger partial charge < -0.3 is 15.4 Å². The van der Waals surface area contributed by atoms with Crippen LogP contribution in [0.3, 0.4) is 0 Å². The fraction of sp³-hybridized carbons (Fsp3) is 0.947. The molecule has 1 atom stereocenters. The van der Waals surface area contributed by atoms with E-state index < -0.39 is 7.82 Å². The van der Waals surface area contributed by atoms with Gasteiger partial charge in [-0.05, 0) is 6.42 Å². The first-order valence-electron chi connectivity index (χ1n) is 10.5. The van der Waals surface area contributed by atoms with Crippen molar-refractivity contribution in [1.29, 1.82) is 0 Å². The molecule has 0 aliphatic rings. The molecule has 3 N–H and O–H groups in total. The first-order valence-corrected chi connectivity index (χ1v) is 12.0. The third-order valence-electron chi connectivity index (χ3n) is 4.21. The van der Waals surface area contributed by atoms with E-state index in [1.54, 1.807) is 0 Å². The Labute approximate surface area is 164 Å². The highest BCUT2D eigenvalue weighted by molar-refractivity contribution is 7.47. The summed E-state index contributed by atoms with van der Waals surface area (Å²) in [6.07, 6.45) is 15.3. The molecule has 0 heterocycles. The number of phosphoric acid groups is 1. The van der Waals surface area contributed by atoms with Crippen LogP contribution in [-0.4, -0.2) is 37.2 Å². The molecule has 0 amide bonds. The SMILES string of the molecule is CCCCCCCCCCCCCCC(=O)OCCOP(=O)(O)OCCN. The Bertz CT molecular complexity index is 394. The average molecular weight is 410 g/mol. The second kappa shape index (κ2) is 18.9. The highest BCUT2D eigenvalue weighted by atomic mass is 31.2. The molecule has 27 heavy (non-hydrogen) atoms. The van der Waals surface area contributed by atoms with Gasteiger partial charge in [-0.2, -0.15) is 0 Å². The topological polar surface area (TPSA) is 108 Å². The van der Waals surface area contributed by atoms with E-state index in [4.69, 9.17) is 10.5 Å². The van der Waals surface area contributed by atoms with Crippen molar-refractivity contribution >= 4 is 13.8 Å². The van der Waals surface area contributed by atoms with Crippen molar-refractivity contribution in [2.75, 3.05) is 26.4 Å². The fourth-order valence-corrected chi connectivity index (χ4v) is 3.41. The Hall–Kier alpha value is -0.460. The zero-order valence-electron chi connectivity index (χ0n) is 17.0. The summed E-state index contributed by atoms with van der Waals surface area (Å²) in [5.41, 5.74) is 5.17. The van der Waals surface area contributed by atoms with Gasteiger partial charge in [0.15, 0.2) is 0 Å². The molecule has 0 rings (SSSR count). The molecule has 0 saturated carbocycles. The van der Waals surface area contributed by atoms with Gasteiger partial charge in [-0.25, -0.2) is 4.57 Å². The minimum absolute atomic E-state index is 0.0619. The molecule has 0 saturated heterocycles. The number of unbranched alkanes of at least 4 members (excludes halogenated alkanes) is 11. The summed E-state index contributed by atoms with van der Waals surface area (Å²) in [5, 5.41) is 0. The van der Waals surface area contributed by atoms with Crippen LogP contribution in [0.25, 0.3) is 0 Å². The molecule has 7 nitrogen and oxygen atoms in total. The molecule has 0 fully saturated rings. The van der Waals surface area contributed by atoms with Gasteiger partial charge in [0.05, 0.1) is 13.2 Å². The minimum Gasteiger partial charge on any atom is -0.463 e. The lowest BCUT2D eigenvalue weighted by Crippen LogP contribution is -2.12. The highest BCUT2D eigenvalue weighted by Crippen LogP contribution is 2.42. The summed E-state index contributed by atoms with van der Waals surface area (Å²) in [5.74, 6) is -0.304.